The standard InChI is InChI=1S/C26H35Cl2N3O4S/c1-5-6-15-29-26(33)20(3)30(18-21-11-9-19(2)10-12-21)25(32)8-7-16-31(36(4,34)35)24-17-22(27)13-14-23(24)28/h9-14,17,20H,5-8,15-16,18H2,1-4H3,(H,29,33)/t20-/m0/s1. The summed E-state index contributed by atoms with van der Waals surface area (Å²) in [6.07, 6.45) is 3.19. The molecule has 0 saturated heterocycles. The summed E-state index contributed by atoms with van der Waals surface area (Å²) in [6.45, 7) is 6.60. The van der Waals surface area contributed by atoms with Gasteiger partial charge in [-0.1, -0.05) is 66.4 Å². The Hall–Kier alpha value is -2.29. The number of hydrogen-bond acceptors (Lipinski definition) is 4. The summed E-state index contributed by atoms with van der Waals surface area (Å²) in [4.78, 5) is 27.6. The van der Waals surface area contributed by atoms with Gasteiger partial charge in [-0.05, 0) is 50.5 Å². The minimum absolute atomic E-state index is 0.0418. The number of rotatable bonds is 13. The Morgan fingerprint density at radius 1 is 1.06 bits per heavy atom. The molecule has 2 aromatic rings. The smallest absolute Gasteiger partial charge is 0.242 e. The van der Waals surface area contributed by atoms with Gasteiger partial charge in [-0.2, -0.15) is 0 Å². The van der Waals surface area contributed by atoms with Gasteiger partial charge in [0.1, 0.15) is 6.04 Å². The second kappa shape index (κ2) is 13.9. The van der Waals surface area contributed by atoms with E-state index in [-0.39, 0.29) is 48.5 Å². The topological polar surface area (TPSA) is 86.8 Å². The number of sulfonamides is 1. The zero-order valence-corrected chi connectivity index (χ0v) is 23.6. The molecule has 0 aliphatic heterocycles. The fraction of sp³-hybridized carbons (Fsp3) is 0.462. The van der Waals surface area contributed by atoms with Crippen LogP contribution in [-0.4, -0.2) is 50.5 Å². The van der Waals surface area contributed by atoms with E-state index in [0.29, 0.717) is 11.6 Å². The predicted molar refractivity (Wildman–Crippen MR) is 147 cm³/mol. The summed E-state index contributed by atoms with van der Waals surface area (Å²) in [5.74, 6) is -0.452. The Labute approximate surface area is 224 Å². The van der Waals surface area contributed by atoms with Crippen LogP contribution >= 0.6 is 23.2 Å². The van der Waals surface area contributed by atoms with Crippen LogP contribution in [0.5, 0.6) is 0 Å². The van der Waals surface area contributed by atoms with Crippen LogP contribution in [-0.2, 0) is 26.2 Å². The molecule has 198 valence electrons. The molecule has 0 saturated carbocycles. The average molecular weight is 557 g/mol. The van der Waals surface area contributed by atoms with E-state index in [0.717, 1.165) is 34.5 Å². The van der Waals surface area contributed by atoms with Crippen LogP contribution in [0.1, 0.15) is 50.7 Å². The number of anilines is 1. The molecule has 1 N–H and O–H groups in total. The second-order valence-electron chi connectivity index (χ2n) is 8.86. The molecule has 0 aliphatic rings. The van der Waals surface area contributed by atoms with Crippen molar-refractivity contribution in [3.05, 3.63) is 63.6 Å². The van der Waals surface area contributed by atoms with Gasteiger partial charge >= 0.3 is 0 Å². The van der Waals surface area contributed by atoms with E-state index in [4.69, 9.17) is 23.2 Å². The van der Waals surface area contributed by atoms with E-state index in [1.54, 1.807) is 17.9 Å². The van der Waals surface area contributed by atoms with E-state index < -0.39 is 16.1 Å². The Kier molecular flexibility index (Phi) is 11.5. The largest absolute Gasteiger partial charge is 0.354 e. The molecule has 2 amide bonds. The van der Waals surface area contributed by atoms with Gasteiger partial charge in [-0.25, -0.2) is 8.42 Å². The quantitative estimate of drug-likeness (QED) is 0.345. The first-order chi connectivity index (χ1) is 16.9. The van der Waals surface area contributed by atoms with Gasteiger partial charge in [0, 0.05) is 31.1 Å². The highest BCUT2D eigenvalue weighted by Crippen LogP contribution is 2.31. The van der Waals surface area contributed by atoms with Crippen molar-refractivity contribution in [1.29, 1.82) is 0 Å². The number of benzene rings is 2. The fourth-order valence-electron chi connectivity index (χ4n) is 3.67. The van der Waals surface area contributed by atoms with Crippen molar-refractivity contribution < 1.29 is 18.0 Å². The SMILES string of the molecule is CCCCNC(=O)[C@H](C)N(Cc1ccc(C)cc1)C(=O)CCCN(c1cc(Cl)ccc1Cl)S(C)(=O)=O. The normalized spacial score (nSPS) is 12.2. The molecule has 7 nitrogen and oxygen atoms in total. The number of hydrogen-bond donors (Lipinski definition) is 1. The number of nitrogens with zero attached hydrogens (tertiary/aromatic N) is 2. The maximum absolute atomic E-state index is 13.3. The van der Waals surface area contributed by atoms with Crippen molar-refractivity contribution in [2.45, 2.75) is 59.0 Å². The van der Waals surface area contributed by atoms with Crippen molar-refractivity contribution in [2.75, 3.05) is 23.7 Å². The van der Waals surface area contributed by atoms with Crippen molar-refractivity contribution in [2.24, 2.45) is 0 Å². The molecule has 1 atom stereocenters. The maximum atomic E-state index is 13.3. The van der Waals surface area contributed by atoms with E-state index in [9.17, 15) is 18.0 Å². The lowest BCUT2D eigenvalue weighted by molar-refractivity contribution is -0.140. The number of aryl methyl sites for hydroxylation is 1. The first-order valence-electron chi connectivity index (χ1n) is 12.0. The van der Waals surface area contributed by atoms with Crippen LogP contribution < -0.4 is 9.62 Å². The lowest BCUT2D eigenvalue weighted by Gasteiger charge is -2.29. The molecule has 2 aromatic carbocycles. The van der Waals surface area contributed by atoms with E-state index in [2.05, 4.69) is 5.32 Å². The van der Waals surface area contributed by atoms with Gasteiger partial charge in [0.25, 0.3) is 0 Å². The zero-order chi connectivity index (χ0) is 26.9. The third kappa shape index (κ3) is 8.98. The van der Waals surface area contributed by atoms with Crippen LogP contribution in [0.4, 0.5) is 5.69 Å². The molecule has 0 bridgehead atoms. The molecule has 0 radical (unpaired) electrons. The summed E-state index contributed by atoms with van der Waals surface area (Å²) in [6, 6.07) is 11.7. The lowest BCUT2D eigenvalue weighted by atomic mass is 10.1. The van der Waals surface area contributed by atoms with Gasteiger partial charge in [0.05, 0.1) is 17.0 Å². The number of halogens is 2. The highest BCUT2D eigenvalue weighted by atomic mass is 35.5. The molecule has 0 spiro atoms. The van der Waals surface area contributed by atoms with Gasteiger partial charge in [0.15, 0.2) is 0 Å². The summed E-state index contributed by atoms with van der Waals surface area (Å²) < 4.78 is 26.1. The van der Waals surface area contributed by atoms with Crippen molar-refractivity contribution in [1.82, 2.24) is 10.2 Å². The first kappa shape index (κ1) is 29.9. The summed E-state index contributed by atoms with van der Waals surface area (Å²) in [5.41, 5.74) is 2.27. The predicted octanol–water partition coefficient (Wildman–Crippen LogP) is 5.18. The summed E-state index contributed by atoms with van der Waals surface area (Å²) in [5, 5.41) is 3.49. The Balaban J connectivity index is 2.17. The van der Waals surface area contributed by atoms with Crippen LogP contribution in [0, 0.1) is 6.92 Å². The van der Waals surface area contributed by atoms with Gasteiger partial charge in [-0.3, -0.25) is 13.9 Å². The molecular weight excluding hydrogens is 521 g/mol. The Morgan fingerprint density at radius 3 is 2.33 bits per heavy atom. The Bertz CT molecular complexity index is 1140. The molecule has 0 aromatic heterocycles. The van der Waals surface area contributed by atoms with E-state index in [1.165, 1.54) is 12.1 Å². The van der Waals surface area contributed by atoms with Crippen molar-refractivity contribution in [3.8, 4) is 0 Å². The fourth-order valence-corrected chi connectivity index (χ4v) is 5.07. The molecular formula is C26H35Cl2N3O4S. The molecule has 36 heavy (non-hydrogen) atoms. The average Bonchev–Trinajstić information content (AvgIpc) is 2.82. The monoisotopic (exact) mass is 555 g/mol. The second-order valence-corrected chi connectivity index (χ2v) is 11.6. The molecule has 0 aliphatic carbocycles. The molecule has 0 heterocycles. The lowest BCUT2D eigenvalue weighted by Crippen LogP contribution is -2.48. The Morgan fingerprint density at radius 2 is 1.72 bits per heavy atom. The van der Waals surface area contributed by atoms with Crippen LogP contribution in [0.2, 0.25) is 10.0 Å². The minimum atomic E-state index is -3.67. The molecule has 10 heteroatoms. The van der Waals surface area contributed by atoms with Gasteiger partial charge in [0.2, 0.25) is 21.8 Å². The number of carbonyl (C=O) groups is 2. The number of amides is 2. The summed E-state index contributed by atoms with van der Waals surface area (Å²) >= 11 is 12.3. The highest BCUT2D eigenvalue weighted by molar-refractivity contribution is 7.92. The van der Waals surface area contributed by atoms with Gasteiger partial charge in [-0.15, -0.1) is 0 Å². The highest BCUT2D eigenvalue weighted by Gasteiger charge is 2.27. The first-order valence-corrected chi connectivity index (χ1v) is 14.6. The van der Waals surface area contributed by atoms with Crippen LogP contribution in [0.25, 0.3) is 0 Å². The van der Waals surface area contributed by atoms with Gasteiger partial charge < -0.3 is 10.2 Å². The zero-order valence-electron chi connectivity index (χ0n) is 21.3. The third-order valence-electron chi connectivity index (χ3n) is 5.80. The van der Waals surface area contributed by atoms with E-state index >= 15 is 0 Å². The number of carbonyl (C=O) groups excluding carboxylic acids is 2. The van der Waals surface area contributed by atoms with Crippen LogP contribution in [0.3, 0.4) is 0 Å². The third-order valence-corrected chi connectivity index (χ3v) is 7.53. The van der Waals surface area contributed by atoms with Crippen LogP contribution in [0.15, 0.2) is 42.5 Å². The maximum Gasteiger partial charge on any atom is 0.242 e. The van der Waals surface area contributed by atoms with Crippen molar-refractivity contribution >= 4 is 50.7 Å². The van der Waals surface area contributed by atoms with E-state index in [1.807, 2.05) is 38.1 Å². The molecule has 0 fully saturated rings. The molecule has 0 unspecified atom stereocenters. The van der Waals surface area contributed by atoms with Crippen molar-refractivity contribution in [3.63, 3.8) is 0 Å². The number of nitrogens with one attached hydrogen (secondary N) is 1. The summed E-state index contributed by atoms with van der Waals surface area (Å²) in [7, 11) is -3.67. The molecule has 2 rings (SSSR count). The number of unbranched alkanes of at least 4 members (excludes halogenated alkanes) is 1. The minimum Gasteiger partial charge on any atom is -0.354 e.